The van der Waals surface area contributed by atoms with Crippen molar-refractivity contribution < 1.29 is 23.9 Å². The number of carbonyl (C=O) groups excluding carboxylic acids is 3. The Labute approximate surface area is 220 Å². The molecule has 1 saturated heterocycles. The SMILES string of the molecule is COc1cc(/C=C2\C(=O)NC(=O)N(c3cc(C)ccc3C)C2=O)ccc1OCc1cccc2ccccc12. The molecule has 0 atom stereocenters. The van der Waals surface area contributed by atoms with Crippen molar-refractivity contribution in [3.8, 4) is 11.5 Å². The third-order valence-corrected chi connectivity index (χ3v) is 6.47. The molecule has 38 heavy (non-hydrogen) atoms. The van der Waals surface area contributed by atoms with Crippen LogP contribution >= 0.6 is 0 Å². The van der Waals surface area contributed by atoms with Gasteiger partial charge in [-0.3, -0.25) is 14.9 Å². The Bertz CT molecular complexity index is 1620. The van der Waals surface area contributed by atoms with Crippen molar-refractivity contribution in [3.05, 3.63) is 107 Å². The number of benzene rings is 4. The van der Waals surface area contributed by atoms with Crippen molar-refractivity contribution in [1.82, 2.24) is 5.32 Å². The van der Waals surface area contributed by atoms with Crippen LogP contribution in [-0.2, 0) is 16.2 Å². The number of fused-ring (bicyclic) bond motifs is 1. The maximum atomic E-state index is 13.3. The largest absolute Gasteiger partial charge is 0.493 e. The molecule has 0 aromatic heterocycles. The molecule has 7 heteroatoms. The molecule has 4 amide bonds. The lowest BCUT2D eigenvalue weighted by molar-refractivity contribution is -0.122. The highest BCUT2D eigenvalue weighted by Crippen LogP contribution is 2.32. The van der Waals surface area contributed by atoms with E-state index in [1.54, 1.807) is 31.2 Å². The van der Waals surface area contributed by atoms with Gasteiger partial charge in [0.05, 0.1) is 12.8 Å². The molecule has 0 saturated carbocycles. The normalized spacial score (nSPS) is 14.7. The molecule has 1 fully saturated rings. The average Bonchev–Trinajstić information content (AvgIpc) is 2.92. The number of nitrogens with zero attached hydrogens (tertiary/aromatic N) is 1. The first kappa shape index (κ1) is 24.8. The lowest BCUT2D eigenvalue weighted by atomic mass is 10.0. The van der Waals surface area contributed by atoms with Gasteiger partial charge in [0.1, 0.15) is 12.2 Å². The summed E-state index contributed by atoms with van der Waals surface area (Å²) in [6.07, 6.45) is 1.44. The summed E-state index contributed by atoms with van der Waals surface area (Å²) in [4.78, 5) is 39.6. The molecular weight excluding hydrogens is 480 g/mol. The molecule has 190 valence electrons. The summed E-state index contributed by atoms with van der Waals surface area (Å²) in [5.74, 6) is -0.473. The van der Waals surface area contributed by atoms with E-state index >= 15 is 0 Å². The fraction of sp³-hybridized carbons (Fsp3) is 0.129. The number of urea groups is 1. The van der Waals surface area contributed by atoms with Gasteiger partial charge in [-0.1, -0.05) is 60.7 Å². The van der Waals surface area contributed by atoms with E-state index in [1.165, 1.54) is 13.2 Å². The van der Waals surface area contributed by atoms with E-state index < -0.39 is 17.8 Å². The second-order valence-electron chi connectivity index (χ2n) is 9.09. The van der Waals surface area contributed by atoms with Gasteiger partial charge in [-0.2, -0.15) is 0 Å². The van der Waals surface area contributed by atoms with E-state index in [1.807, 2.05) is 43.3 Å². The number of aryl methyl sites for hydroxylation is 2. The molecule has 4 aromatic rings. The molecule has 0 radical (unpaired) electrons. The fourth-order valence-corrected chi connectivity index (χ4v) is 4.47. The first-order valence-corrected chi connectivity index (χ1v) is 12.1. The lowest BCUT2D eigenvalue weighted by Gasteiger charge is -2.27. The number of imide groups is 2. The van der Waals surface area contributed by atoms with Crippen molar-refractivity contribution >= 4 is 40.4 Å². The van der Waals surface area contributed by atoms with Gasteiger partial charge in [-0.25, -0.2) is 9.69 Å². The van der Waals surface area contributed by atoms with Crippen LogP contribution < -0.4 is 19.7 Å². The molecule has 1 aliphatic rings. The number of barbiturate groups is 1. The highest BCUT2D eigenvalue weighted by Gasteiger charge is 2.37. The quantitative estimate of drug-likeness (QED) is 0.267. The summed E-state index contributed by atoms with van der Waals surface area (Å²) in [5.41, 5.74) is 3.49. The van der Waals surface area contributed by atoms with E-state index in [4.69, 9.17) is 9.47 Å². The molecule has 0 aliphatic carbocycles. The van der Waals surface area contributed by atoms with Crippen molar-refractivity contribution in [2.24, 2.45) is 0 Å². The topological polar surface area (TPSA) is 84.9 Å². The second-order valence-corrected chi connectivity index (χ2v) is 9.09. The highest BCUT2D eigenvalue weighted by molar-refractivity contribution is 6.39. The summed E-state index contributed by atoms with van der Waals surface area (Å²) in [7, 11) is 1.52. The molecule has 0 bridgehead atoms. The highest BCUT2D eigenvalue weighted by atomic mass is 16.5. The van der Waals surface area contributed by atoms with Gasteiger partial charge in [-0.15, -0.1) is 0 Å². The second kappa shape index (κ2) is 10.2. The molecule has 1 N–H and O–H groups in total. The Morgan fingerprint density at radius 2 is 1.66 bits per heavy atom. The smallest absolute Gasteiger partial charge is 0.335 e. The van der Waals surface area contributed by atoms with Gasteiger partial charge in [0, 0.05) is 0 Å². The van der Waals surface area contributed by atoms with Crippen LogP contribution in [0.5, 0.6) is 11.5 Å². The van der Waals surface area contributed by atoms with Crippen LogP contribution in [0.4, 0.5) is 10.5 Å². The summed E-state index contributed by atoms with van der Waals surface area (Å²) in [6, 6.07) is 24.0. The first-order valence-electron chi connectivity index (χ1n) is 12.1. The van der Waals surface area contributed by atoms with Crippen LogP contribution in [0.25, 0.3) is 16.8 Å². The fourth-order valence-electron chi connectivity index (χ4n) is 4.47. The first-order chi connectivity index (χ1) is 18.4. The number of methoxy groups -OCH3 is 1. The zero-order valence-electron chi connectivity index (χ0n) is 21.3. The summed E-state index contributed by atoms with van der Waals surface area (Å²) < 4.78 is 11.6. The van der Waals surface area contributed by atoms with Gasteiger partial charge in [0.15, 0.2) is 11.5 Å². The predicted molar refractivity (Wildman–Crippen MR) is 146 cm³/mol. The molecule has 5 rings (SSSR count). The van der Waals surface area contributed by atoms with E-state index in [-0.39, 0.29) is 5.57 Å². The standard InChI is InChI=1S/C31H26N2O5/c1-19-11-12-20(2)26(15-19)33-30(35)25(29(34)32-31(33)36)16-21-13-14-27(28(17-21)37-3)38-18-23-9-6-8-22-7-4-5-10-24(22)23/h4-17H,18H2,1-3H3,(H,32,34,36)/b25-16+. The Morgan fingerprint density at radius 1 is 0.868 bits per heavy atom. The lowest BCUT2D eigenvalue weighted by Crippen LogP contribution is -2.54. The van der Waals surface area contributed by atoms with Gasteiger partial charge in [-0.05, 0) is 71.1 Å². The number of ether oxygens (including phenoxy) is 2. The van der Waals surface area contributed by atoms with Crippen molar-refractivity contribution in [1.29, 1.82) is 0 Å². The maximum absolute atomic E-state index is 13.3. The Morgan fingerprint density at radius 3 is 2.47 bits per heavy atom. The molecule has 1 aliphatic heterocycles. The number of hydrogen-bond acceptors (Lipinski definition) is 5. The van der Waals surface area contributed by atoms with Gasteiger partial charge >= 0.3 is 6.03 Å². The number of amides is 4. The Kier molecular flexibility index (Phi) is 6.66. The van der Waals surface area contributed by atoms with Crippen molar-refractivity contribution in [2.45, 2.75) is 20.5 Å². The molecular formula is C31H26N2O5. The molecule has 0 spiro atoms. The molecule has 0 unspecified atom stereocenters. The summed E-state index contributed by atoms with van der Waals surface area (Å²) in [5, 5.41) is 4.51. The molecule has 4 aromatic carbocycles. The predicted octanol–water partition coefficient (Wildman–Crippen LogP) is 5.71. The minimum Gasteiger partial charge on any atom is -0.493 e. The van der Waals surface area contributed by atoms with Crippen LogP contribution in [0, 0.1) is 13.8 Å². The van der Waals surface area contributed by atoms with E-state index in [2.05, 4.69) is 23.5 Å². The number of carbonyl (C=O) groups is 3. The van der Waals surface area contributed by atoms with E-state index in [9.17, 15) is 14.4 Å². The zero-order chi connectivity index (χ0) is 26.8. The van der Waals surface area contributed by atoms with E-state index in [0.29, 0.717) is 29.4 Å². The zero-order valence-corrected chi connectivity index (χ0v) is 21.3. The number of rotatable bonds is 6. The molecule has 1 heterocycles. The van der Waals surface area contributed by atoms with Crippen LogP contribution in [0.15, 0.2) is 84.4 Å². The number of nitrogens with one attached hydrogen (secondary N) is 1. The van der Waals surface area contributed by atoms with Gasteiger partial charge in [0.2, 0.25) is 0 Å². The Balaban J connectivity index is 1.42. The van der Waals surface area contributed by atoms with E-state index in [0.717, 1.165) is 32.4 Å². The average molecular weight is 507 g/mol. The van der Waals surface area contributed by atoms with Crippen LogP contribution in [-0.4, -0.2) is 25.0 Å². The van der Waals surface area contributed by atoms with Crippen LogP contribution in [0.1, 0.15) is 22.3 Å². The maximum Gasteiger partial charge on any atom is 0.335 e. The van der Waals surface area contributed by atoms with Crippen molar-refractivity contribution in [3.63, 3.8) is 0 Å². The number of anilines is 1. The van der Waals surface area contributed by atoms with Crippen molar-refractivity contribution in [2.75, 3.05) is 12.0 Å². The summed E-state index contributed by atoms with van der Waals surface area (Å²) in [6.45, 7) is 4.01. The van der Waals surface area contributed by atoms with Gasteiger partial charge in [0.25, 0.3) is 11.8 Å². The third kappa shape index (κ3) is 4.74. The third-order valence-electron chi connectivity index (χ3n) is 6.47. The van der Waals surface area contributed by atoms with Crippen LogP contribution in [0.3, 0.4) is 0 Å². The number of hydrogen-bond donors (Lipinski definition) is 1. The van der Waals surface area contributed by atoms with Gasteiger partial charge < -0.3 is 9.47 Å². The summed E-state index contributed by atoms with van der Waals surface area (Å²) >= 11 is 0. The minimum atomic E-state index is -0.777. The monoisotopic (exact) mass is 506 g/mol. The molecule has 7 nitrogen and oxygen atoms in total. The minimum absolute atomic E-state index is 0.156. The van der Waals surface area contributed by atoms with Crippen LogP contribution in [0.2, 0.25) is 0 Å². The Hall–Kier alpha value is -4.91.